The predicted octanol–water partition coefficient (Wildman–Crippen LogP) is -9.79. The molecule has 1 aromatic carbocycles. The number of aliphatic hydroxyl groups excluding tert-OH is 15. The smallest absolute Gasteiger partial charge is 0.269 e. The molecule has 0 radical (unpaired) electrons. The Morgan fingerprint density at radius 2 is 0.882 bits per heavy atom. The van der Waals surface area contributed by atoms with Gasteiger partial charge in [0.1, 0.15) is 128 Å². The van der Waals surface area contributed by atoms with Gasteiger partial charge >= 0.3 is 0 Å². The molecule has 25 atom stereocenters. The van der Waals surface area contributed by atoms with E-state index in [4.69, 9.17) is 47.4 Å². The van der Waals surface area contributed by atoms with Crippen molar-refractivity contribution in [1.29, 1.82) is 0 Å². The van der Waals surface area contributed by atoms with Gasteiger partial charge in [-0.15, -0.1) is 0 Å². The van der Waals surface area contributed by atoms with Crippen LogP contribution >= 0.6 is 0 Å². The van der Waals surface area contributed by atoms with Crippen molar-refractivity contribution in [1.82, 2.24) is 5.32 Å². The molecule has 388 valence electrons. The Labute approximate surface area is 383 Å². The fourth-order valence-electron chi connectivity index (χ4n) is 8.29. The molecule has 0 aliphatic carbocycles. The van der Waals surface area contributed by atoms with Crippen molar-refractivity contribution in [3.63, 3.8) is 0 Å². The van der Waals surface area contributed by atoms with Gasteiger partial charge < -0.3 is 129 Å². The van der Waals surface area contributed by atoms with Crippen LogP contribution in [0, 0.1) is 10.1 Å². The largest absolute Gasteiger partial charge is 0.462 e. The molecule has 68 heavy (non-hydrogen) atoms. The number of aliphatic hydroxyl groups is 15. The number of carbonyl (C=O) groups excluding carboxylic acids is 1. The summed E-state index contributed by atoms with van der Waals surface area (Å²) in [5.41, 5.74) is -0.274. The molecule has 0 aromatic heterocycles. The van der Waals surface area contributed by atoms with Crippen LogP contribution in [0.4, 0.5) is 5.69 Å². The number of amides is 1. The third-order valence-corrected chi connectivity index (χ3v) is 12.0. The van der Waals surface area contributed by atoms with E-state index in [0.717, 1.165) is 19.1 Å². The molecule has 5 saturated heterocycles. The van der Waals surface area contributed by atoms with Gasteiger partial charge in [-0.05, 0) is 12.1 Å². The first-order chi connectivity index (χ1) is 32.3. The van der Waals surface area contributed by atoms with E-state index < -0.39 is 197 Å². The molecule has 6 rings (SSSR count). The molecule has 5 fully saturated rings. The summed E-state index contributed by atoms with van der Waals surface area (Å²) in [4.78, 5) is 22.8. The zero-order chi connectivity index (χ0) is 49.9. The standard InChI is InChI=1S/C38H58N2O28/c1-11(46)39-19-32(67-36-26(53)23(50)20(47)14(6-41)61-36)21(48)15(7-42)60-34(19)68-33-22(49)16(8-43)62-38(29(33)56)66-31-18(10-45)64-37(28(55)25(31)52)65-30-17(9-44)63-35(27(54)24(30)51)59-13-4-2-12(3-5-13)40(57)58/h2-5,14-38,41-45,47-56H,6-10H2,1H3,(H,39,46). The molecule has 0 saturated carbocycles. The van der Waals surface area contributed by atoms with E-state index in [1.54, 1.807) is 0 Å². The first-order valence-corrected chi connectivity index (χ1v) is 21.2. The summed E-state index contributed by atoms with van der Waals surface area (Å²) in [6.07, 6.45) is -44.9. The molecule has 1 amide bonds. The minimum Gasteiger partial charge on any atom is -0.462 e. The molecule has 1 aromatic rings. The molecular weight excluding hydrogens is 932 g/mol. The average molecular weight is 991 g/mol. The first kappa shape index (κ1) is 54.3. The van der Waals surface area contributed by atoms with Gasteiger partial charge in [-0.2, -0.15) is 0 Å². The summed E-state index contributed by atoms with van der Waals surface area (Å²) < 4.78 is 56.7. The highest BCUT2D eigenvalue weighted by Gasteiger charge is 2.57. The predicted molar refractivity (Wildman–Crippen MR) is 210 cm³/mol. The SMILES string of the molecule is CC(=O)NC1C(OC2C(O)C(CO)OC(OC3C(CO)OC(OC4C(CO)OC(Oc5ccc([N+](=O)[O-])cc5)C(O)C4O)C(O)C3O)C2O)OC(CO)C(O)C1OC1OC(CO)C(O)C(O)C1O. The highest BCUT2D eigenvalue weighted by atomic mass is 16.8. The van der Waals surface area contributed by atoms with Gasteiger partial charge in [-0.3, -0.25) is 14.9 Å². The van der Waals surface area contributed by atoms with Gasteiger partial charge in [0, 0.05) is 19.1 Å². The van der Waals surface area contributed by atoms with Crippen LogP contribution in [0.2, 0.25) is 0 Å². The number of benzene rings is 1. The van der Waals surface area contributed by atoms with Gasteiger partial charge in [-0.25, -0.2) is 0 Å². The second-order valence-electron chi connectivity index (χ2n) is 16.5. The number of rotatable bonds is 17. The van der Waals surface area contributed by atoms with Crippen LogP contribution in [0.1, 0.15) is 6.92 Å². The second-order valence-corrected chi connectivity index (χ2v) is 16.5. The Morgan fingerprint density at radius 3 is 1.37 bits per heavy atom. The fraction of sp³-hybridized carbons (Fsp3) is 0.816. The van der Waals surface area contributed by atoms with Gasteiger partial charge in [0.15, 0.2) is 25.2 Å². The van der Waals surface area contributed by atoms with E-state index in [0.29, 0.717) is 0 Å². The Bertz CT molecular complexity index is 1770. The summed E-state index contributed by atoms with van der Waals surface area (Å²) in [5, 5.41) is 174. The molecule has 0 spiro atoms. The number of nitrogens with one attached hydrogen (secondary N) is 1. The monoisotopic (exact) mass is 990 g/mol. The zero-order valence-electron chi connectivity index (χ0n) is 35.7. The van der Waals surface area contributed by atoms with Crippen LogP contribution in [0.25, 0.3) is 0 Å². The van der Waals surface area contributed by atoms with Crippen LogP contribution in [0.15, 0.2) is 24.3 Å². The lowest BCUT2D eigenvalue weighted by Gasteiger charge is -2.50. The van der Waals surface area contributed by atoms with E-state index in [2.05, 4.69) is 5.32 Å². The first-order valence-electron chi connectivity index (χ1n) is 21.2. The fourth-order valence-corrected chi connectivity index (χ4v) is 8.29. The lowest BCUT2D eigenvalue weighted by Crippen LogP contribution is -2.70. The van der Waals surface area contributed by atoms with E-state index in [9.17, 15) is 91.5 Å². The number of nitro groups is 1. The number of carbonyl (C=O) groups is 1. The topological polar surface area (TPSA) is 468 Å². The Kier molecular flexibility index (Phi) is 18.7. The summed E-state index contributed by atoms with van der Waals surface area (Å²) in [5.74, 6) is -0.848. The third-order valence-electron chi connectivity index (χ3n) is 12.0. The molecular formula is C38H58N2O28. The van der Waals surface area contributed by atoms with Crippen LogP contribution in [0.5, 0.6) is 5.75 Å². The lowest BCUT2D eigenvalue weighted by molar-refractivity contribution is -0.387. The molecule has 5 heterocycles. The highest BCUT2D eigenvalue weighted by molar-refractivity contribution is 5.73. The highest BCUT2D eigenvalue weighted by Crippen LogP contribution is 2.36. The number of nitro benzene ring substituents is 1. The normalized spacial score (nSPS) is 45.6. The zero-order valence-corrected chi connectivity index (χ0v) is 35.7. The number of non-ortho nitro benzene ring substituents is 1. The van der Waals surface area contributed by atoms with Crippen molar-refractivity contribution in [2.45, 2.75) is 160 Å². The Balaban J connectivity index is 1.16. The summed E-state index contributed by atoms with van der Waals surface area (Å²) in [7, 11) is 0. The van der Waals surface area contributed by atoms with Crippen LogP contribution < -0.4 is 10.1 Å². The molecule has 5 aliphatic rings. The van der Waals surface area contributed by atoms with E-state index in [1.807, 2.05) is 0 Å². The maximum atomic E-state index is 12.5. The van der Waals surface area contributed by atoms with E-state index >= 15 is 0 Å². The van der Waals surface area contributed by atoms with Gasteiger partial charge in [-0.1, -0.05) is 0 Å². The molecule has 5 aliphatic heterocycles. The molecule has 30 heteroatoms. The van der Waals surface area contributed by atoms with Gasteiger partial charge in [0.05, 0.1) is 38.0 Å². The average Bonchev–Trinajstić information content (AvgIpc) is 3.32. The van der Waals surface area contributed by atoms with Gasteiger partial charge in [0.2, 0.25) is 12.2 Å². The second kappa shape index (κ2) is 23.4. The Hall–Kier alpha value is -3.07. The summed E-state index contributed by atoms with van der Waals surface area (Å²) >= 11 is 0. The number of hydrogen-bond acceptors (Lipinski definition) is 28. The van der Waals surface area contributed by atoms with E-state index in [-0.39, 0.29) is 11.4 Å². The Morgan fingerprint density at radius 1 is 0.500 bits per heavy atom. The molecule has 16 N–H and O–H groups in total. The maximum Gasteiger partial charge on any atom is 0.269 e. The van der Waals surface area contributed by atoms with Crippen molar-refractivity contribution in [2.75, 3.05) is 33.0 Å². The number of ether oxygens (including phenoxy) is 10. The number of nitrogens with zero attached hydrogens (tertiary/aromatic N) is 1. The molecule has 25 unspecified atom stereocenters. The maximum absolute atomic E-state index is 12.5. The van der Waals surface area contributed by atoms with Crippen molar-refractivity contribution >= 4 is 11.6 Å². The van der Waals surface area contributed by atoms with Crippen molar-refractivity contribution < 1.29 is 134 Å². The van der Waals surface area contributed by atoms with Crippen molar-refractivity contribution in [3.05, 3.63) is 34.4 Å². The van der Waals surface area contributed by atoms with E-state index in [1.165, 1.54) is 12.1 Å². The van der Waals surface area contributed by atoms with Crippen molar-refractivity contribution in [2.24, 2.45) is 0 Å². The van der Waals surface area contributed by atoms with Gasteiger partial charge in [0.25, 0.3) is 5.69 Å². The number of hydrogen-bond donors (Lipinski definition) is 16. The van der Waals surface area contributed by atoms with Crippen LogP contribution in [-0.4, -0.2) is 274 Å². The lowest BCUT2D eigenvalue weighted by atomic mass is 9.94. The minimum atomic E-state index is -2.18. The molecule has 30 nitrogen and oxygen atoms in total. The van der Waals surface area contributed by atoms with Crippen molar-refractivity contribution in [3.8, 4) is 5.75 Å². The van der Waals surface area contributed by atoms with Crippen LogP contribution in [0.3, 0.4) is 0 Å². The summed E-state index contributed by atoms with van der Waals surface area (Å²) in [6.45, 7) is -3.71. The quantitative estimate of drug-likeness (QED) is 0.0509. The third kappa shape index (κ3) is 11.5. The molecule has 0 bridgehead atoms. The summed E-state index contributed by atoms with van der Waals surface area (Å²) in [6, 6.07) is 2.88. The van der Waals surface area contributed by atoms with Crippen LogP contribution in [-0.2, 0) is 47.4 Å². The minimum absolute atomic E-state index is 0.0290.